The molecule has 0 radical (unpaired) electrons. The maximum Gasteiger partial charge on any atom is 0.252 e. The van der Waals surface area contributed by atoms with E-state index < -0.39 is 6.04 Å². The number of nitrogens with one attached hydrogen (secondary N) is 1. The van der Waals surface area contributed by atoms with Gasteiger partial charge in [-0.25, -0.2) is 0 Å². The van der Waals surface area contributed by atoms with Gasteiger partial charge >= 0.3 is 0 Å². The zero-order valence-electron chi connectivity index (χ0n) is 18.9. The Morgan fingerprint density at radius 3 is 2.23 bits per heavy atom. The summed E-state index contributed by atoms with van der Waals surface area (Å²) in [5, 5.41) is 3.03. The van der Waals surface area contributed by atoms with E-state index in [9.17, 15) is 14.4 Å². The van der Waals surface area contributed by atoms with Crippen molar-refractivity contribution in [2.75, 3.05) is 33.3 Å². The number of rotatable bonds is 6. The van der Waals surface area contributed by atoms with Crippen molar-refractivity contribution < 1.29 is 19.1 Å². The van der Waals surface area contributed by atoms with Gasteiger partial charge in [-0.3, -0.25) is 14.4 Å². The standard InChI is InChI=1S/C24H35N3O4/c1-17(2)23(29)27-14-10-18(11-15-27)21(24(30)26-12-5-4-6-13-26)25-22(28)19-8-7-9-20(16-19)31-3/h7-9,16-18,21H,4-6,10-15H2,1-3H3,(H,25,28). The van der Waals surface area contributed by atoms with E-state index in [1.165, 1.54) is 0 Å². The number of hydrogen-bond donors (Lipinski definition) is 1. The minimum Gasteiger partial charge on any atom is -0.497 e. The van der Waals surface area contributed by atoms with Gasteiger partial charge in [-0.2, -0.15) is 0 Å². The van der Waals surface area contributed by atoms with E-state index in [4.69, 9.17) is 4.74 Å². The van der Waals surface area contributed by atoms with Crippen LogP contribution < -0.4 is 10.1 Å². The molecule has 2 aliphatic rings. The third kappa shape index (κ3) is 5.77. The van der Waals surface area contributed by atoms with Crippen LogP contribution in [-0.4, -0.2) is 66.9 Å². The van der Waals surface area contributed by atoms with Crippen LogP contribution in [0, 0.1) is 11.8 Å². The predicted octanol–water partition coefficient (Wildman–Crippen LogP) is 2.70. The van der Waals surface area contributed by atoms with Crippen LogP contribution in [0.4, 0.5) is 0 Å². The van der Waals surface area contributed by atoms with Crippen molar-refractivity contribution in [1.29, 1.82) is 0 Å². The molecule has 0 bridgehead atoms. The monoisotopic (exact) mass is 429 g/mol. The minimum atomic E-state index is -0.576. The van der Waals surface area contributed by atoms with Crippen molar-refractivity contribution in [1.82, 2.24) is 15.1 Å². The van der Waals surface area contributed by atoms with Gasteiger partial charge in [0.15, 0.2) is 0 Å². The van der Waals surface area contributed by atoms with Crippen molar-refractivity contribution in [3.8, 4) is 5.75 Å². The fourth-order valence-electron chi connectivity index (χ4n) is 4.50. The first kappa shape index (κ1) is 23.1. The molecule has 7 heteroatoms. The lowest BCUT2D eigenvalue weighted by molar-refractivity contribution is -0.138. The van der Waals surface area contributed by atoms with Crippen molar-refractivity contribution in [2.45, 2.75) is 52.0 Å². The van der Waals surface area contributed by atoms with Crippen LogP contribution in [0.2, 0.25) is 0 Å². The molecule has 0 saturated carbocycles. The Labute approximate surface area is 185 Å². The van der Waals surface area contributed by atoms with Crippen LogP contribution in [0.25, 0.3) is 0 Å². The molecule has 0 aromatic heterocycles. The molecule has 170 valence electrons. The molecular formula is C24H35N3O4. The molecule has 1 atom stereocenters. The molecule has 3 rings (SSSR count). The maximum absolute atomic E-state index is 13.4. The Balaban J connectivity index is 1.74. The Hall–Kier alpha value is -2.57. The molecule has 1 aromatic carbocycles. The molecule has 1 N–H and O–H groups in total. The lowest BCUT2D eigenvalue weighted by Gasteiger charge is -2.39. The van der Waals surface area contributed by atoms with Gasteiger partial charge in [0, 0.05) is 37.7 Å². The second-order valence-corrected chi connectivity index (χ2v) is 8.89. The summed E-state index contributed by atoms with van der Waals surface area (Å²) in [6.45, 7) is 6.56. The van der Waals surface area contributed by atoms with Gasteiger partial charge in [-0.15, -0.1) is 0 Å². The number of methoxy groups -OCH3 is 1. The van der Waals surface area contributed by atoms with Crippen LogP contribution in [0.5, 0.6) is 5.75 Å². The van der Waals surface area contributed by atoms with E-state index in [0.717, 1.165) is 32.4 Å². The van der Waals surface area contributed by atoms with Gasteiger partial charge in [0.1, 0.15) is 11.8 Å². The number of benzene rings is 1. The Morgan fingerprint density at radius 2 is 1.61 bits per heavy atom. The fraction of sp³-hybridized carbons (Fsp3) is 0.625. The summed E-state index contributed by atoms with van der Waals surface area (Å²) >= 11 is 0. The van der Waals surface area contributed by atoms with Gasteiger partial charge in [0.05, 0.1) is 7.11 Å². The zero-order chi connectivity index (χ0) is 22.4. The number of nitrogens with zero attached hydrogens (tertiary/aromatic N) is 2. The average molecular weight is 430 g/mol. The third-order valence-corrected chi connectivity index (χ3v) is 6.37. The third-order valence-electron chi connectivity index (χ3n) is 6.37. The molecule has 1 unspecified atom stereocenters. The fourth-order valence-corrected chi connectivity index (χ4v) is 4.50. The number of piperidine rings is 2. The normalized spacial score (nSPS) is 18.6. The largest absolute Gasteiger partial charge is 0.497 e. The van der Waals surface area contributed by atoms with Gasteiger partial charge in [0.2, 0.25) is 11.8 Å². The number of likely N-dealkylation sites (tertiary alicyclic amines) is 2. The Bertz CT molecular complexity index is 781. The topological polar surface area (TPSA) is 79.0 Å². The maximum atomic E-state index is 13.4. The summed E-state index contributed by atoms with van der Waals surface area (Å²) in [5.74, 6) is 0.472. The molecular weight excluding hydrogens is 394 g/mol. The molecule has 2 aliphatic heterocycles. The molecule has 31 heavy (non-hydrogen) atoms. The quantitative estimate of drug-likeness (QED) is 0.754. The van der Waals surface area contributed by atoms with E-state index in [1.807, 2.05) is 23.6 Å². The number of carbonyl (C=O) groups excluding carboxylic acids is 3. The number of amides is 3. The molecule has 2 fully saturated rings. The van der Waals surface area contributed by atoms with Crippen LogP contribution in [0.15, 0.2) is 24.3 Å². The first-order valence-corrected chi connectivity index (χ1v) is 11.4. The average Bonchev–Trinajstić information content (AvgIpc) is 2.82. The second-order valence-electron chi connectivity index (χ2n) is 8.89. The highest BCUT2D eigenvalue weighted by atomic mass is 16.5. The zero-order valence-corrected chi connectivity index (χ0v) is 18.9. The summed E-state index contributed by atoms with van der Waals surface area (Å²) in [7, 11) is 1.56. The molecule has 0 spiro atoms. The molecule has 1 aromatic rings. The van der Waals surface area contributed by atoms with E-state index in [0.29, 0.717) is 37.2 Å². The van der Waals surface area contributed by atoms with E-state index >= 15 is 0 Å². The highest BCUT2D eigenvalue weighted by molar-refractivity contribution is 5.98. The van der Waals surface area contributed by atoms with Crippen LogP contribution in [0.3, 0.4) is 0 Å². The van der Waals surface area contributed by atoms with Crippen LogP contribution >= 0.6 is 0 Å². The highest BCUT2D eigenvalue weighted by Crippen LogP contribution is 2.25. The molecule has 0 aliphatic carbocycles. The van der Waals surface area contributed by atoms with Crippen LogP contribution in [0.1, 0.15) is 56.3 Å². The van der Waals surface area contributed by atoms with E-state index in [2.05, 4.69) is 5.32 Å². The van der Waals surface area contributed by atoms with Gasteiger partial charge < -0.3 is 19.9 Å². The first-order chi connectivity index (χ1) is 14.9. The van der Waals surface area contributed by atoms with E-state index in [1.54, 1.807) is 31.4 Å². The first-order valence-electron chi connectivity index (χ1n) is 11.4. The summed E-state index contributed by atoms with van der Waals surface area (Å²) in [6.07, 6.45) is 4.57. The van der Waals surface area contributed by atoms with Crippen molar-refractivity contribution in [3.05, 3.63) is 29.8 Å². The van der Waals surface area contributed by atoms with Gasteiger partial charge in [-0.05, 0) is 56.2 Å². The Morgan fingerprint density at radius 1 is 0.968 bits per heavy atom. The minimum absolute atomic E-state index is 0.00424. The van der Waals surface area contributed by atoms with Crippen molar-refractivity contribution >= 4 is 17.7 Å². The smallest absolute Gasteiger partial charge is 0.252 e. The summed E-state index contributed by atoms with van der Waals surface area (Å²) in [4.78, 5) is 42.6. The number of hydrogen-bond acceptors (Lipinski definition) is 4. The van der Waals surface area contributed by atoms with Gasteiger partial charge in [-0.1, -0.05) is 19.9 Å². The second kappa shape index (κ2) is 10.6. The predicted molar refractivity (Wildman–Crippen MR) is 119 cm³/mol. The van der Waals surface area contributed by atoms with E-state index in [-0.39, 0.29) is 29.6 Å². The molecule has 7 nitrogen and oxygen atoms in total. The van der Waals surface area contributed by atoms with Crippen molar-refractivity contribution in [2.24, 2.45) is 11.8 Å². The Kier molecular flexibility index (Phi) is 7.93. The number of ether oxygens (including phenoxy) is 1. The number of carbonyl (C=O) groups is 3. The molecule has 2 saturated heterocycles. The van der Waals surface area contributed by atoms with Gasteiger partial charge in [0.25, 0.3) is 5.91 Å². The molecule has 2 heterocycles. The summed E-state index contributed by atoms with van der Waals surface area (Å²) in [5.41, 5.74) is 0.475. The van der Waals surface area contributed by atoms with Crippen molar-refractivity contribution in [3.63, 3.8) is 0 Å². The SMILES string of the molecule is COc1cccc(C(=O)NC(C(=O)N2CCCCC2)C2CCN(C(=O)C(C)C)CC2)c1. The lowest BCUT2D eigenvalue weighted by atomic mass is 9.87. The lowest BCUT2D eigenvalue weighted by Crippen LogP contribution is -2.55. The highest BCUT2D eigenvalue weighted by Gasteiger charge is 2.36. The molecule has 3 amide bonds. The summed E-state index contributed by atoms with van der Waals surface area (Å²) < 4.78 is 5.23. The van der Waals surface area contributed by atoms with Crippen LogP contribution in [-0.2, 0) is 9.59 Å². The summed E-state index contributed by atoms with van der Waals surface area (Å²) in [6, 6.07) is 6.39.